The van der Waals surface area contributed by atoms with E-state index in [1.807, 2.05) is 69.3 Å². The summed E-state index contributed by atoms with van der Waals surface area (Å²) in [5.74, 6) is -0.390. The Labute approximate surface area is 256 Å². The number of carbonyl (C=O) groups is 2. The molecule has 1 saturated heterocycles. The predicted molar refractivity (Wildman–Crippen MR) is 166 cm³/mol. The van der Waals surface area contributed by atoms with Gasteiger partial charge in [-0.05, 0) is 62.3 Å². The second-order valence-corrected chi connectivity index (χ2v) is 10.9. The number of carbonyl (C=O) groups excluding carboxylic acids is 2. The number of benzene rings is 2. The van der Waals surface area contributed by atoms with Gasteiger partial charge < -0.3 is 28.4 Å². The van der Waals surface area contributed by atoms with Crippen molar-refractivity contribution in [3.63, 3.8) is 0 Å². The maximum Gasteiger partial charge on any atom is 0.338 e. The summed E-state index contributed by atoms with van der Waals surface area (Å²) in [7, 11) is 0. The van der Waals surface area contributed by atoms with Crippen LogP contribution >= 0.6 is 0 Å². The molecule has 0 aromatic heterocycles. The Morgan fingerprint density at radius 3 is 1.72 bits per heavy atom. The van der Waals surface area contributed by atoms with Crippen molar-refractivity contribution in [3.8, 4) is 16.9 Å². The van der Waals surface area contributed by atoms with Gasteiger partial charge >= 0.3 is 11.9 Å². The molecule has 1 heterocycles. The van der Waals surface area contributed by atoms with E-state index in [4.69, 9.17) is 28.4 Å². The van der Waals surface area contributed by atoms with Crippen molar-refractivity contribution in [3.05, 3.63) is 66.2 Å². The molecule has 3 rings (SSSR count). The average molecular weight is 597 g/mol. The fourth-order valence-electron chi connectivity index (χ4n) is 4.43. The summed E-state index contributed by atoms with van der Waals surface area (Å²) in [4.78, 5) is 25.4. The molecule has 0 unspecified atom stereocenters. The standard InChI is InChI=1S/C35H48O8/c1-5-7-22-40-33(36)31-32(34(37)41-23-8-6-2)43-35(42-31)29-15-13-27(14-16-29)28-17-19-30(20-18-28)39-24-12-10-9-11-21-38-25-26(3)4/h13-20,31-32,35H,3,5-12,21-25H2,1-2,4H3/t31-,32-/m1/s1. The van der Waals surface area contributed by atoms with Crippen molar-refractivity contribution in [2.24, 2.45) is 0 Å². The van der Waals surface area contributed by atoms with Crippen LogP contribution in [0.2, 0.25) is 0 Å². The van der Waals surface area contributed by atoms with Crippen molar-refractivity contribution < 1.29 is 38.0 Å². The van der Waals surface area contributed by atoms with Gasteiger partial charge in [0.05, 0.1) is 26.4 Å². The molecule has 8 heteroatoms. The first kappa shape index (κ1) is 34.3. The van der Waals surface area contributed by atoms with E-state index in [1.165, 1.54) is 0 Å². The van der Waals surface area contributed by atoms with Gasteiger partial charge in [0.1, 0.15) is 5.75 Å². The Kier molecular flexibility index (Phi) is 15.3. The quantitative estimate of drug-likeness (QED) is 0.0890. The molecule has 1 aliphatic heterocycles. The van der Waals surface area contributed by atoms with Crippen LogP contribution in [0.5, 0.6) is 5.75 Å². The van der Waals surface area contributed by atoms with Crippen molar-refractivity contribution in [1.82, 2.24) is 0 Å². The zero-order valence-corrected chi connectivity index (χ0v) is 26.0. The van der Waals surface area contributed by atoms with Crippen molar-refractivity contribution >= 4 is 11.9 Å². The fraction of sp³-hybridized carbons (Fsp3) is 0.543. The Hall–Kier alpha value is -3.20. The van der Waals surface area contributed by atoms with Crippen LogP contribution in [0, 0.1) is 0 Å². The number of hydrogen-bond acceptors (Lipinski definition) is 8. The molecule has 236 valence electrons. The van der Waals surface area contributed by atoms with Gasteiger partial charge in [-0.25, -0.2) is 9.59 Å². The summed E-state index contributed by atoms with van der Waals surface area (Å²) in [6.07, 6.45) is 4.28. The predicted octanol–water partition coefficient (Wildman–Crippen LogP) is 7.35. The maximum atomic E-state index is 12.7. The van der Waals surface area contributed by atoms with Crippen LogP contribution in [0.4, 0.5) is 0 Å². The minimum absolute atomic E-state index is 0.266. The molecular weight excluding hydrogens is 548 g/mol. The molecule has 43 heavy (non-hydrogen) atoms. The summed E-state index contributed by atoms with van der Waals surface area (Å²) >= 11 is 0. The van der Waals surface area contributed by atoms with Crippen LogP contribution in [0.15, 0.2) is 60.7 Å². The van der Waals surface area contributed by atoms with Crippen LogP contribution in [0.25, 0.3) is 11.1 Å². The molecule has 0 radical (unpaired) electrons. The van der Waals surface area contributed by atoms with E-state index < -0.39 is 30.4 Å². The van der Waals surface area contributed by atoms with E-state index in [-0.39, 0.29) is 13.2 Å². The van der Waals surface area contributed by atoms with Crippen LogP contribution in [-0.4, -0.2) is 57.2 Å². The lowest BCUT2D eigenvalue weighted by atomic mass is 10.0. The van der Waals surface area contributed by atoms with Gasteiger partial charge in [0.2, 0.25) is 0 Å². The molecule has 0 amide bonds. The number of hydrogen-bond donors (Lipinski definition) is 0. The summed E-state index contributed by atoms with van der Waals surface area (Å²) in [5, 5.41) is 0. The molecule has 8 nitrogen and oxygen atoms in total. The molecule has 0 spiro atoms. The lowest BCUT2D eigenvalue weighted by Gasteiger charge is -2.14. The van der Waals surface area contributed by atoms with E-state index in [0.717, 1.165) is 80.4 Å². The molecule has 2 atom stereocenters. The molecular formula is C35H48O8. The van der Waals surface area contributed by atoms with Gasteiger partial charge in [-0.1, -0.05) is 81.7 Å². The van der Waals surface area contributed by atoms with Gasteiger partial charge in [-0.3, -0.25) is 0 Å². The van der Waals surface area contributed by atoms with Gasteiger partial charge in [-0.2, -0.15) is 0 Å². The first-order chi connectivity index (χ1) is 20.9. The summed E-state index contributed by atoms with van der Waals surface area (Å²) < 4.78 is 33.9. The number of ether oxygens (including phenoxy) is 6. The largest absolute Gasteiger partial charge is 0.494 e. The highest BCUT2D eigenvalue weighted by Gasteiger charge is 2.47. The third-order valence-corrected chi connectivity index (χ3v) is 6.94. The number of unbranched alkanes of at least 4 members (excludes halogenated alkanes) is 5. The monoisotopic (exact) mass is 596 g/mol. The zero-order valence-electron chi connectivity index (χ0n) is 26.0. The Balaban J connectivity index is 1.50. The molecule has 1 fully saturated rings. The summed E-state index contributed by atoms with van der Waals surface area (Å²) in [6, 6.07) is 15.7. The Bertz CT molecular complexity index is 1080. The number of esters is 2. The van der Waals surface area contributed by atoms with Gasteiger partial charge in [0.25, 0.3) is 0 Å². The lowest BCUT2D eigenvalue weighted by Crippen LogP contribution is -2.39. The molecule has 1 aliphatic rings. The highest BCUT2D eigenvalue weighted by atomic mass is 16.8. The van der Waals surface area contributed by atoms with E-state index in [1.54, 1.807) is 0 Å². The topological polar surface area (TPSA) is 89.5 Å². The smallest absolute Gasteiger partial charge is 0.338 e. The zero-order chi connectivity index (χ0) is 30.9. The van der Waals surface area contributed by atoms with Gasteiger partial charge in [-0.15, -0.1) is 0 Å². The third-order valence-electron chi connectivity index (χ3n) is 6.94. The second kappa shape index (κ2) is 19.2. The minimum atomic E-state index is -1.18. The van der Waals surface area contributed by atoms with E-state index >= 15 is 0 Å². The van der Waals surface area contributed by atoms with Crippen LogP contribution in [0.3, 0.4) is 0 Å². The second-order valence-electron chi connectivity index (χ2n) is 10.9. The van der Waals surface area contributed by atoms with E-state index in [9.17, 15) is 9.59 Å². The Morgan fingerprint density at radius 2 is 1.21 bits per heavy atom. The highest BCUT2D eigenvalue weighted by Crippen LogP contribution is 2.34. The minimum Gasteiger partial charge on any atom is -0.494 e. The maximum absolute atomic E-state index is 12.7. The van der Waals surface area contributed by atoms with Crippen molar-refractivity contribution in [2.45, 2.75) is 90.6 Å². The lowest BCUT2D eigenvalue weighted by molar-refractivity contribution is -0.163. The molecule has 0 N–H and O–H groups in total. The SMILES string of the molecule is C=C(C)COCCCCCCOc1ccc(-c2ccc(C3O[C@@H](C(=O)OCCCC)[C@H](C(=O)OCCCC)O3)cc2)cc1. The molecule has 2 aromatic carbocycles. The Morgan fingerprint density at radius 1 is 0.698 bits per heavy atom. The van der Waals surface area contributed by atoms with Gasteiger partial charge in [0.15, 0.2) is 18.5 Å². The van der Waals surface area contributed by atoms with E-state index in [2.05, 4.69) is 6.58 Å². The van der Waals surface area contributed by atoms with Crippen LogP contribution in [-0.2, 0) is 33.3 Å². The normalized spacial score (nSPS) is 16.6. The molecule has 0 saturated carbocycles. The third kappa shape index (κ3) is 11.8. The fourth-order valence-corrected chi connectivity index (χ4v) is 4.43. The molecule has 0 bridgehead atoms. The summed E-state index contributed by atoms with van der Waals surface area (Å²) in [5.41, 5.74) is 3.79. The number of rotatable bonds is 20. The molecule has 2 aromatic rings. The van der Waals surface area contributed by atoms with Crippen LogP contribution in [0.1, 0.15) is 84.0 Å². The molecule has 0 aliphatic carbocycles. The van der Waals surface area contributed by atoms with Gasteiger partial charge in [0, 0.05) is 12.2 Å². The first-order valence-electron chi connectivity index (χ1n) is 15.6. The first-order valence-corrected chi connectivity index (χ1v) is 15.6. The van der Waals surface area contributed by atoms with Crippen molar-refractivity contribution in [1.29, 1.82) is 0 Å². The van der Waals surface area contributed by atoms with E-state index in [0.29, 0.717) is 18.8 Å². The summed E-state index contributed by atoms with van der Waals surface area (Å²) in [6.45, 7) is 12.5. The van der Waals surface area contributed by atoms with Crippen molar-refractivity contribution in [2.75, 3.05) is 33.0 Å². The van der Waals surface area contributed by atoms with Crippen LogP contribution < -0.4 is 4.74 Å². The average Bonchev–Trinajstić information content (AvgIpc) is 3.47. The highest BCUT2D eigenvalue weighted by molar-refractivity contribution is 5.86.